The van der Waals surface area contributed by atoms with Gasteiger partial charge in [0.1, 0.15) is 11.5 Å². The van der Waals surface area contributed by atoms with E-state index in [0.29, 0.717) is 16.1 Å². The zero-order valence-electron chi connectivity index (χ0n) is 12.9. The van der Waals surface area contributed by atoms with Gasteiger partial charge in [0.05, 0.1) is 15.6 Å². The molecule has 3 aromatic rings. The summed E-state index contributed by atoms with van der Waals surface area (Å²) in [6.07, 6.45) is -1.84. The van der Waals surface area contributed by atoms with Gasteiger partial charge in [-0.3, -0.25) is 9.89 Å². The van der Waals surface area contributed by atoms with Gasteiger partial charge in [0.2, 0.25) is 0 Å². The summed E-state index contributed by atoms with van der Waals surface area (Å²) in [6, 6.07) is 8.30. The third-order valence-electron chi connectivity index (χ3n) is 3.58. The Morgan fingerprint density at radius 1 is 1.12 bits per heavy atom. The first-order valence-electron chi connectivity index (χ1n) is 7.25. The topological polar surface area (TPSA) is 57.8 Å². The molecule has 0 bridgehead atoms. The normalized spacial score (nSPS) is 11.0. The molecule has 0 aliphatic carbocycles. The molecule has 0 saturated heterocycles. The maximum Gasteiger partial charge on any atom is 0.282 e. The van der Waals surface area contributed by atoms with Crippen molar-refractivity contribution in [2.24, 2.45) is 0 Å². The van der Waals surface area contributed by atoms with E-state index in [0.717, 1.165) is 12.3 Å². The van der Waals surface area contributed by atoms with E-state index in [1.54, 1.807) is 6.07 Å². The number of benzene rings is 2. The second-order valence-corrected chi connectivity index (χ2v) is 6.07. The Bertz CT molecular complexity index is 976. The molecule has 1 aromatic heterocycles. The van der Waals surface area contributed by atoms with Crippen molar-refractivity contribution in [3.63, 3.8) is 0 Å². The van der Waals surface area contributed by atoms with E-state index in [2.05, 4.69) is 15.5 Å². The van der Waals surface area contributed by atoms with Crippen LogP contribution in [0.5, 0.6) is 0 Å². The van der Waals surface area contributed by atoms with Gasteiger partial charge in [0.15, 0.2) is 0 Å². The number of carbonyl (C=O) groups excluding carboxylic acids is 1. The Hall–Kier alpha value is -2.51. The zero-order chi connectivity index (χ0) is 18.8. The highest BCUT2D eigenvalue weighted by atomic mass is 35.5. The van der Waals surface area contributed by atoms with Crippen LogP contribution in [0.4, 0.5) is 18.9 Å². The van der Waals surface area contributed by atoms with E-state index in [9.17, 15) is 18.0 Å². The molecular weight excluding hydrogens is 390 g/mol. The van der Waals surface area contributed by atoms with Gasteiger partial charge < -0.3 is 5.32 Å². The monoisotopic (exact) mass is 399 g/mol. The number of rotatable bonds is 4. The van der Waals surface area contributed by atoms with Gasteiger partial charge in [0, 0.05) is 17.4 Å². The number of hydrogen-bond acceptors (Lipinski definition) is 2. The van der Waals surface area contributed by atoms with Crippen LogP contribution in [-0.2, 0) is 0 Å². The largest absolute Gasteiger partial charge is 0.321 e. The fraction of sp³-hybridized carbons (Fsp3) is 0.0588. The van der Waals surface area contributed by atoms with Crippen LogP contribution in [0.25, 0.3) is 11.1 Å². The Labute approximate surface area is 155 Å². The van der Waals surface area contributed by atoms with Crippen LogP contribution in [0.1, 0.15) is 22.5 Å². The molecule has 3 rings (SSSR count). The number of hydrogen-bond donors (Lipinski definition) is 2. The molecule has 2 N–H and O–H groups in total. The van der Waals surface area contributed by atoms with Crippen LogP contribution >= 0.6 is 23.2 Å². The van der Waals surface area contributed by atoms with Gasteiger partial charge in [-0.15, -0.1) is 0 Å². The average molecular weight is 400 g/mol. The highest BCUT2D eigenvalue weighted by molar-refractivity contribution is 6.42. The summed E-state index contributed by atoms with van der Waals surface area (Å²) in [4.78, 5) is 12.3. The predicted octanol–water partition coefficient (Wildman–Crippen LogP) is 5.71. The summed E-state index contributed by atoms with van der Waals surface area (Å²) >= 11 is 11.9. The minimum Gasteiger partial charge on any atom is -0.321 e. The number of nitrogens with zero attached hydrogens (tertiary/aromatic N) is 1. The van der Waals surface area contributed by atoms with Gasteiger partial charge in [-0.2, -0.15) is 5.10 Å². The molecule has 1 amide bonds. The number of carbonyl (C=O) groups is 1. The van der Waals surface area contributed by atoms with Crippen LogP contribution in [0.3, 0.4) is 0 Å². The first-order chi connectivity index (χ1) is 12.4. The first-order valence-corrected chi connectivity index (χ1v) is 8.00. The molecule has 0 fully saturated rings. The Morgan fingerprint density at radius 3 is 2.58 bits per heavy atom. The molecule has 0 aliphatic rings. The second kappa shape index (κ2) is 7.39. The van der Waals surface area contributed by atoms with Crippen molar-refractivity contribution >= 4 is 34.8 Å². The van der Waals surface area contributed by atoms with Crippen molar-refractivity contribution in [2.45, 2.75) is 6.43 Å². The fourth-order valence-electron chi connectivity index (χ4n) is 2.37. The van der Waals surface area contributed by atoms with Gasteiger partial charge >= 0.3 is 0 Å². The fourth-order valence-corrected chi connectivity index (χ4v) is 2.66. The molecule has 0 atom stereocenters. The Balaban J connectivity index is 1.99. The molecule has 134 valence electrons. The Morgan fingerprint density at radius 2 is 1.88 bits per heavy atom. The molecule has 0 radical (unpaired) electrons. The van der Waals surface area contributed by atoms with Crippen molar-refractivity contribution in [1.82, 2.24) is 10.2 Å². The van der Waals surface area contributed by atoms with Crippen LogP contribution < -0.4 is 5.32 Å². The van der Waals surface area contributed by atoms with Crippen LogP contribution in [-0.4, -0.2) is 16.1 Å². The number of aromatic amines is 1. The zero-order valence-corrected chi connectivity index (χ0v) is 14.4. The highest BCUT2D eigenvalue weighted by Gasteiger charge is 2.22. The lowest BCUT2D eigenvalue weighted by Gasteiger charge is -2.12. The second-order valence-electron chi connectivity index (χ2n) is 5.26. The number of H-pyrrole nitrogens is 1. The molecular formula is C17H10Cl2F3N3O. The molecule has 26 heavy (non-hydrogen) atoms. The van der Waals surface area contributed by atoms with E-state index in [1.807, 2.05) is 0 Å². The number of anilines is 1. The third-order valence-corrected chi connectivity index (χ3v) is 4.32. The summed E-state index contributed by atoms with van der Waals surface area (Å²) in [5.74, 6) is -1.34. The van der Waals surface area contributed by atoms with Crippen LogP contribution in [0, 0.1) is 5.82 Å². The lowest BCUT2D eigenvalue weighted by Crippen LogP contribution is -2.14. The summed E-state index contributed by atoms with van der Waals surface area (Å²) in [7, 11) is 0. The molecule has 1 heterocycles. The van der Waals surface area contributed by atoms with Gasteiger partial charge in [-0.05, 0) is 35.9 Å². The molecule has 0 spiro atoms. The molecule has 2 aromatic carbocycles. The third kappa shape index (κ3) is 3.68. The molecule has 4 nitrogen and oxygen atoms in total. The van der Waals surface area contributed by atoms with Crippen molar-refractivity contribution < 1.29 is 18.0 Å². The lowest BCUT2D eigenvalue weighted by atomic mass is 10.0. The Kier molecular flexibility index (Phi) is 5.20. The van der Waals surface area contributed by atoms with Crippen molar-refractivity contribution in [2.75, 3.05) is 5.32 Å². The van der Waals surface area contributed by atoms with E-state index < -0.39 is 23.8 Å². The maximum atomic E-state index is 13.7. The lowest BCUT2D eigenvalue weighted by molar-refractivity contribution is 0.101. The smallest absolute Gasteiger partial charge is 0.282 e. The van der Waals surface area contributed by atoms with E-state index in [-0.39, 0.29) is 16.3 Å². The minimum atomic E-state index is -2.91. The summed E-state index contributed by atoms with van der Waals surface area (Å²) in [5, 5.41) is 8.66. The minimum absolute atomic E-state index is 0.219. The van der Waals surface area contributed by atoms with Crippen molar-refractivity contribution in [1.29, 1.82) is 0 Å². The molecule has 0 unspecified atom stereocenters. The van der Waals surface area contributed by atoms with Crippen molar-refractivity contribution in [3.05, 3.63) is 69.7 Å². The number of aromatic nitrogens is 2. The molecule has 0 saturated carbocycles. The summed E-state index contributed by atoms with van der Waals surface area (Å²) < 4.78 is 39.5. The predicted molar refractivity (Wildman–Crippen MR) is 93.4 cm³/mol. The SMILES string of the molecule is O=C(Nc1ccc(F)cc1-c1ccc(Cl)c(Cl)c1)c1c[nH]nc1C(F)F. The molecule has 0 aliphatic heterocycles. The van der Waals surface area contributed by atoms with E-state index in [1.165, 1.54) is 24.3 Å². The summed E-state index contributed by atoms with van der Waals surface area (Å²) in [6.45, 7) is 0. The molecule has 9 heteroatoms. The van der Waals surface area contributed by atoms with E-state index >= 15 is 0 Å². The van der Waals surface area contributed by atoms with Gasteiger partial charge in [-0.25, -0.2) is 13.2 Å². The van der Waals surface area contributed by atoms with Crippen LogP contribution in [0.15, 0.2) is 42.6 Å². The summed E-state index contributed by atoms with van der Waals surface area (Å²) in [5.41, 5.74) is 0.0656. The standard InChI is InChI=1S/C17H10Cl2F3N3O/c18-12-3-1-8(5-13(12)19)10-6-9(20)2-4-14(10)24-17(26)11-7-23-25-15(11)16(21)22/h1-7,16H,(H,23,25)(H,24,26). The number of nitrogens with one attached hydrogen (secondary N) is 2. The van der Waals surface area contributed by atoms with Gasteiger partial charge in [-0.1, -0.05) is 29.3 Å². The maximum absolute atomic E-state index is 13.7. The van der Waals surface area contributed by atoms with Crippen LogP contribution in [0.2, 0.25) is 10.0 Å². The van der Waals surface area contributed by atoms with Crippen molar-refractivity contribution in [3.8, 4) is 11.1 Å². The number of amides is 1. The number of alkyl halides is 2. The van der Waals surface area contributed by atoms with E-state index in [4.69, 9.17) is 23.2 Å². The quantitative estimate of drug-likeness (QED) is 0.589. The number of halogens is 5. The average Bonchev–Trinajstić information content (AvgIpc) is 3.09. The van der Waals surface area contributed by atoms with Gasteiger partial charge in [0.25, 0.3) is 12.3 Å². The first kappa shape index (κ1) is 18.3. The highest BCUT2D eigenvalue weighted by Crippen LogP contribution is 2.34.